The van der Waals surface area contributed by atoms with Crippen molar-refractivity contribution in [2.75, 3.05) is 5.43 Å². The Morgan fingerprint density at radius 1 is 1.21 bits per heavy atom. The molecule has 0 aliphatic rings. The minimum absolute atomic E-state index is 0.172. The molecule has 0 saturated carbocycles. The number of carbonyl (C=O) groups is 1. The molecule has 0 unspecified atom stereocenters. The van der Waals surface area contributed by atoms with E-state index in [-0.39, 0.29) is 5.56 Å². The summed E-state index contributed by atoms with van der Waals surface area (Å²) in [5, 5.41) is 13.6. The van der Waals surface area contributed by atoms with Gasteiger partial charge in [-0.1, -0.05) is 35.9 Å². The Bertz CT molecular complexity index is 626. The lowest BCUT2D eigenvalue weighted by Crippen LogP contribution is -2.02. The summed E-state index contributed by atoms with van der Waals surface area (Å²) in [5.41, 5.74) is 4.14. The third-order valence-corrected chi connectivity index (χ3v) is 2.64. The molecule has 0 spiro atoms. The van der Waals surface area contributed by atoms with Crippen LogP contribution < -0.4 is 5.43 Å². The van der Waals surface area contributed by atoms with E-state index in [1.807, 2.05) is 12.1 Å². The van der Waals surface area contributed by atoms with Crippen molar-refractivity contribution in [3.05, 3.63) is 64.7 Å². The number of benzene rings is 2. The summed E-state index contributed by atoms with van der Waals surface area (Å²) in [5.74, 6) is -0.999. The number of nitrogens with zero attached hydrogens (tertiary/aromatic N) is 1. The van der Waals surface area contributed by atoms with Crippen LogP contribution in [0.2, 0.25) is 5.02 Å². The van der Waals surface area contributed by atoms with Crippen LogP contribution in [0.3, 0.4) is 0 Å². The molecule has 0 atom stereocenters. The van der Waals surface area contributed by atoms with Crippen LogP contribution >= 0.6 is 11.6 Å². The van der Waals surface area contributed by atoms with Crippen LogP contribution in [0.25, 0.3) is 0 Å². The highest BCUT2D eigenvalue weighted by molar-refractivity contribution is 6.30. The molecule has 0 aliphatic carbocycles. The number of anilines is 1. The smallest absolute Gasteiger partial charge is 0.337 e. The molecule has 19 heavy (non-hydrogen) atoms. The van der Waals surface area contributed by atoms with E-state index in [2.05, 4.69) is 10.5 Å². The van der Waals surface area contributed by atoms with E-state index in [9.17, 15) is 4.79 Å². The van der Waals surface area contributed by atoms with Crippen molar-refractivity contribution < 1.29 is 9.90 Å². The Morgan fingerprint density at radius 3 is 2.74 bits per heavy atom. The van der Waals surface area contributed by atoms with E-state index < -0.39 is 5.97 Å². The Labute approximate surface area is 115 Å². The third kappa shape index (κ3) is 3.56. The SMILES string of the molecule is O=C(O)c1ccccc1N/N=C/c1cccc(Cl)c1. The predicted octanol–water partition coefficient (Wildman–Crippen LogP) is 3.48. The fourth-order valence-electron chi connectivity index (χ4n) is 1.53. The minimum Gasteiger partial charge on any atom is -0.478 e. The largest absolute Gasteiger partial charge is 0.478 e. The Morgan fingerprint density at radius 2 is 2.00 bits per heavy atom. The number of para-hydroxylation sites is 1. The molecule has 2 N–H and O–H groups in total. The average molecular weight is 275 g/mol. The average Bonchev–Trinajstić information content (AvgIpc) is 2.39. The highest BCUT2D eigenvalue weighted by Crippen LogP contribution is 2.15. The first-order chi connectivity index (χ1) is 9.16. The molecule has 0 amide bonds. The summed E-state index contributed by atoms with van der Waals surface area (Å²) in [4.78, 5) is 11.0. The van der Waals surface area contributed by atoms with Crippen molar-refractivity contribution in [3.8, 4) is 0 Å². The number of aromatic carboxylic acids is 1. The van der Waals surface area contributed by atoms with E-state index >= 15 is 0 Å². The zero-order chi connectivity index (χ0) is 13.7. The first kappa shape index (κ1) is 13.1. The zero-order valence-corrected chi connectivity index (χ0v) is 10.6. The third-order valence-electron chi connectivity index (χ3n) is 2.40. The normalized spacial score (nSPS) is 10.6. The highest BCUT2D eigenvalue weighted by Gasteiger charge is 2.07. The maximum atomic E-state index is 11.0. The molecule has 0 fully saturated rings. The maximum Gasteiger partial charge on any atom is 0.337 e. The van der Waals surface area contributed by atoms with Crippen LogP contribution in [0, 0.1) is 0 Å². The number of rotatable bonds is 4. The number of carboxylic acid groups (broad SMARTS) is 1. The molecule has 2 aromatic carbocycles. The van der Waals surface area contributed by atoms with Gasteiger partial charge in [0.25, 0.3) is 0 Å². The fourth-order valence-corrected chi connectivity index (χ4v) is 1.73. The van der Waals surface area contributed by atoms with E-state index in [1.54, 1.807) is 36.5 Å². The van der Waals surface area contributed by atoms with Crippen LogP contribution in [-0.4, -0.2) is 17.3 Å². The quantitative estimate of drug-likeness (QED) is 0.663. The minimum atomic E-state index is -0.999. The fraction of sp³-hybridized carbons (Fsp3) is 0. The monoisotopic (exact) mass is 274 g/mol. The topological polar surface area (TPSA) is 61.7 Å². The molecule has 0 aromatic heterocycles. The van der Waals surface area contributed by atoms with Crippen LogP contribution in [0.1, 0.15) is 15.9 Å². The summed E-state index contributed by atoms with van der Waals surface area (Å²) in [6.07, 6.45) is 1.57. The molecule has 0 bridgehead atoms. The first-order valence-electron chi connectivity index (χ1n) is 5.54. The highest BCUT2D eigenvalue weighted by atomic mass is 35.5. The van der Waals surface area contributed by atoms with Gasteiger partial charge in [-0.15, -0.1) is 0 Å². The van der Waals surface area contributed by atoms with Gasteiger partial charge in [-0.05, 0) is 29.8 Å². The second-order valence-corrected chi connectivity index (χ2v) is 4.21. The standard InChI is InChI=1S/C14H11ClN2O2/c15-11-5-3-4-10(8-11)9-16-17-13-7-2-1-6-12(13)14(18)19/h1-9,17H,(H,18,19)/b16-9+. The molecule has 0 saturated heterocycles. The summed E-state index contributed by atoms with van der Waals surface area (Å²) in [6, 6.07) is 13.8. The Hall–Kier alpha value is -2.33. The maximum absolute atomic E-state index is 11.0. The number of hydrogen-bond donors (Lipinski definition) is 2. The van der Waals surface area contributed by atoms with E-state index in [1.165, 1.54) is 6.07 Å². The van der Waals surface area contributed by atoms with Gasteiger partial charge in [-0.3, -0.25) is 5.43 Å². The van der Waals surface area contributed by atoms with Crippen molar-refractivity contribution >= 4 is 29.5 Å². The number of hydrogen-bond acceptors (Lipinski definition) is 3. The Kier molecular flexibility index (Phi) is 4.15. The molecule has 0 heterocycles. The van der Waals surface area contributed by atoms with E-state index in [0.29, 0.717) is 10.7 Å². The van der Waals surface area contributed by atoms with Crippen molar-refractivity contribution in [1.29, 1.82) is 0 Å². The Balaban J connectivity index is 2.13. The van der Waals surface area contributed by atoms with Gasteiger partial charge in [0.2, 0.25) is 0 Å². The molecule has 4 nitrogen and oxygen atoms in total. The van der Waals surface area contributed by atoms with Crippen LogP contribution in [0.15, 0.2) is 53.6 Å². The summed E-state index contributed by atoms with van der Waals surface area (Å²) in [6.45, 7) is 0. The van der Waals surface area contributed by atoms with E-state index in [0.717, 1.165) is 5.56 Å². The van der Waals surface area contributed by atoms with Gasteiger partial charge >= 0.3 is 5.97 Å². The van der Waals surface area contributed by atoms with Crippen LogP contribution in [0.5, 0.6) is 0 Å². The molecule has 0 aliphatic heterocycles. The molecule has 0 radical (unpaired) electrons. The second-order valence-electron chi connectivity index (χ2n) is 3.78. The molecule has 2 aromatic rings. The van der Waals surface area contributed by atoms with E-state index in [4.69, 9.17) is 16.7 Å². The second kappa shape index (κ2) is 6.02. The lowest BCUT2D eigenvalue weighted by Gasteiger charge is -2.04. The lowest BCUT2D eigenvalue weighted by atomic mass is 10.2. The van der Waals surface area contributed by atoms with Crippen molar-refractivity contribution in [1.82, 2.24) is 0 Å². The van der Waals surface area contributed by atoms with Gasteiger partial charge in [0.15, 0.2) is 0 Å². The predicted molar refractivity (Wildman–Crippen MR) is 76.1 cm³/mol. The molecular weight excluding hydrogens is 264 g/mol. The number of hydrazone groups is 1. The van der Waals surface area contributed by atoms with Crippen LogP contribution in [-0.2, 0) is 0 Å². The molecule has 2 rings (SSSR count). The molecule has 96 valence electrons. The number of halogens is 1. The number of nitrogens with one attached hydrogen (secondary N) is 1. The zero-order valence-electron chi connectivity index (χ0n) is 9.88. The van der Waals surface area contributed by atoms with Gasteiger partial charge in [-0.2, -0.15) is 5.10 Å². The first-order valence-corrected chi connectivity index (χ1v) is 5.91. The van der Waals surface area contributed by atoms with Gasteiger partial charge in [0.1, 0.15) is 0 Å². The van der Waals surface area contributed by atoms with Crippen LogP contribution in [0.4, 0.5) is 5.69 Å². The van der Waals surface area contributed by atoms with Gasteiger partial charge in [0, 0.05) is 5.02 Å². The lowest BCUT2D eigenvalue weighted by molar-refractivity contribution is 0.0698. The molecule has 5 heteroatoms. The van der Waals surface area contributed by atoms with Crippen molar-refractivity contribution in [2.24, 2.45) is 5.10 Å². The van der Waals surface area contributed by atoms with Crippen molar-refractivity contribution in [2.45, 2.75) is 0 Å². The van der Waals surface area contributed by atoms with Gasteiger partial charge in [0.05, 0.1) is 17.5 Å². The molecular formula is C14H11ClN2O2. The summed E-state index contributed by atoms with van der Waals surface area (Å²) in [7, 11) is 0. The number of carboxylic acids is 1. The van der Waals surface area contributed by atoms with Gasteiger partial charge in [-0.25, -0.2) is 4.79 Å². The summed E-state index contributed by atoms with van der Waals surface area (Å²) >= 11 is 5.85. The van der Waals surface area contributed by atoms with Gasteiger partial charge < -0.3 is 5.11 Å². The van der Waals surface area contributed by atoms with Crippen molar-refractivity contribution in [3.63, 3.8) is 0 Å². The summed E-state index contributed by atoms with van der Waals surface area (Å²) < 4.78 is 0.